The van der Waals surface area contributed by atoms with Crippen LogP contribution >= 0.6 is 0 Å². The maximum absolute atomic E-state index is 10.0. The summed E-state index contributed by atoms with van der Waals surface area (Å²) in [7, 11) is 0. The molecule has 9 aromatic rings. The van der Waals surface area contributed by atoms with Gasteiger partial charge in [0.05, 0.1) is 35.3 Å². The van der Waals surface area contributed by atoms with Crippen LogP contribution in [-0.2, 0) is 5.41 Å². The van der Waals surface area contributed by atoms with Crippen molar-refractivity contribution in [2.24, 2.45) is 0 Å². The Morgan fingerprint density at radius 1 is 0.492 bits per heavy atom. The zero-order valence-corrected chi connectivity index (χ0v) is 33.5. The van der Waals surface area contributed by atoms with Gasteiger partial charge in [0.25, 0.3) is 0 Å². The molecule has 1 aliphatic carbocycles. The van der Waals surface area contributed by atoms with E-state index in [0.717, 1.165) is 61.1 Å². The van der Waals surface area contributed by atoms with Crippen LogP contribution in [0.2, 0.25) is 0 Å². The lowest BCUT2D eigenvalue weighted by molar-refractivity contribution is 0.661. The highest BCUT2D eigenvalue weighted by molar-refractivity contribution is 6.13. The molecule has 0 saturated carbocycles. The molecule has 0 atom stereocenters. The van der Waals surface area contributed by atoms with Crippen molar-refractivity contribution in [2.75, 3.05) is 9.80 Å². The molecule has 4 heteroatoms. The van der Waals surface area contributed by atoms with Gasteiger partial charge in [-0.1, -0.05) is 134 Å². The third kappa shape index (κ3) is 5.65. The molecule has 0 saturated heterocycles. The molecule has 0 heterocycles. The Morgan fingerprint density at radius 3 is 1.63 bits per heavy atom. The van der Waals surface area contributed by atoms with E-state index in [2.05, 4.69) is 182 Å². The van der Waals surface area contributed by atoms with E-state index >= 15 is 0 Å². The Balaban J connectivity index is 1.21. The highest BCUT2D eigenvalue weighted by Gasteiger charge is 2.39. The van der Waals surface area contributed by atoms with E-state index in [-0.39, 0.29) is 5.41 Å². The lowest BCUT2D eigenvalue weighted by atomic mass is 9.81. The summed E-state index contributed by atoms with van der Waals surface area (Å²) in [5, 5.41) is 16.3. The van der Waals surface area contributed by atoms with Crippen LogP contribution in [0.1, 0.15) is 41.7 Å². The quantitative estimate of drug-likeness (QED) is 0.159. The number of benzene rings is 9. The van der Waals surface area contributed by atoms with Crippen LogP contribution < -0.4 is 9.80 Å². The van der Waals surface area contributed by atoms with Crippen molar-refractivity contribution in [3.8, 4) is 17.2 Å². The summed E-state index contributed by atoms with van der Waals surface area (Å²) in [6.45, 7) is 16.9. The van der Waals surface area contributed by atoms with E-state index in [4.69, 9.17) is 6.57 Å². The molecule has 10 rings (SSSR count). The fraction of sp³-hybridized carbons (Fsp3) is 0.0909. The fourth-order valence-corrected chi connectivity index (χ4v) is 9.23. The van der Waals surface area contributed by atoms with Gasteiger partial charge in [0.15, 0.2) is 5.69 Å². The van der Waals surface area contributed by atoms with Crippen LogP contribution in [0.3, 0.4) is 0 Å². The summed E-state index contributed by atoms with van der Waals surface area (Å²) in [4.78, 5) is 8.62. The summed E-state index contributed by atoms with van der Waals surface area (Å²) in [5.41, 5.74) is 14.7. The second-order valence-electron chi connectivity index (χ2n) is 16.1. The second-order valence-corrected chi connectivity index (χ2v) is 16.1. The molecule has 0 radical (unpaired) electrons. The lowest BCUT2D eigenvalue weighted by Gasteiger charge is -2.31. The first kappa shape index (κ1) is 35.7. The normalized spacial score (nSPS) is 12.5. The minimum atomic E-state index is -0.361. The Kier molecular flexibility index (Phi) is 8.34. The molecular weight excluding hydrogens is 717 g/mol. The molecule has 4 nitrogen and oxygen atoms in total. The van der Waals surface area contributed by atoms with Gasteiger partial charge in [0, 0.05) is 38.6 Å². The Hall–Kier alpha value is -7.66. The van der Waals surface area contributed by atoms with Crippen LogP contribution in [0.15, 0.2) is 170 Å². The summed E-state index contributed by atoms with van der Waals surface area (Å²) in [5.74, 6) is 0. The van der Waals surface area contributed by atoms with Crippen LogP contribution in [0.5, 0.6) is 0 Å². The summed E-state index contributed by atoms with van der Waals surface area (Å²) in [6.07, 6.45) is 0. The number of rotatable bonds is 6. The van der Waals surface area contributed by atoms with Gasteiger partial charge in [-0.3, -0.25) is 0 Å². The van der Waals surface area contributed by atoms with Gasteiger partial charge in [-0.25, -0.2) is 4.85 Å². The molecule has 59 heavy (non-hydrogen) atoms. The largest absolute Gasteiger partial charge is 0.310 e. The van der Waals surface area contributed by atoms with E-state index in [0.29, 0.717) is 11.3 Å². The van der Waals surface area contributed by atoms with E-state index in [1.165, 1.54) is 38.8 Å². The molecule has 0 aromatic heterocycles. The molecule has 0 amide bonds. The zero-order chi connectivity index (χ0) is 40.4. The van der Waals surface area contributed by atoms with Gasteiger partial charge in [-0.2, -0.15) is 5.26 Å². The van der Waals surface area contributed by atoms with Crippen molar-refractivity contribution in [2.45, 2.75) is 33.1 Å². The number of nitriles is 1. The molecule has 0 unspecified atom stereocenters. The number of aryl methyl sites for hydroxylation is 2. The molecule has 9 aromatic carbocycles. The Bertz CT molecular complexity index is 3230. The molecule has 0 spiro atoms. The molecule has 0 fully saturated rings. The number of fused-ring (bicyclic) bond motifs is 7. The maximum Gasteiger partial charge on any atom is 0.195 e. The van der Waals surface area contributed by atoms with Crippen LogP contribution in [0.25, 0.3) is 48.3 Å². The van der Waals surface area contributed by atoms with Crippen molar-refractivity contribution in [3.63, 3.8) is 0 Å². The Morgan fingerprint density at radius 2 is 1.00 bits per heavy atom. The van der Waals surface area contributed by atoms with Gasteiger partial charge in [-0.15, -0.1) is 0 Å². The van der Waals surface area contributed by atoms with Crippen LogP contribution in [-0.4, -0.2) is 0 Å². The number of hydrogen-bond acceptors (Lipinski definition) is 3. The first-order chi connectivity index (χ1) is 28.8. The van der Waals surface area contributed by atoms with E-state index < -0.39 is 0 Å². The van der Waals surface area contributed by atoms with Gasteiger partial charge >= 0.3 is 0 Å². The monoisotopic (exact) mass is 756 g/mol. The number of anilines is 6. The van der Waals surface area contributed by atoms with E-state index in [1.54, 1.807) is 0 Å². The highest BCUT2D eigenvalue weighted by atomic mass is 15.2. The summed E-state index contributed by atoms with van der Waals surface area (Å²) < 4.78 is 0. The third-order valence-electron chi connectivity index (χ3n) is 12.2. The standard InChI is InChI=1S/C55H40N4/c1-35-18-23-38(24-19-35)58(51-30-22-37(34-56)41-12-6-8-14-43(41)51)40-27-28-47-48(32-40)55(3,4)49-33-53(45-16-10-11-17-46(45)54(47)49)59(39-25-20-36(2)21-26-39)52-31-29-50(57-5)42-13-7-9-15-44(42)52/h6-33H,1-4H3. The number of nitrogens with zero attached hydrogens (tertiary/aromatic N) is 4. The predicted octanol–water partition coefficient (Wildman–Crippen LogP) is 15.4. The van der Waals surface area contributed by atoms with E-state index in [1.807, 2.05) is 36.4 Å². The van der Waals surface area contributed by atoms with E-state index in [9.17, 15) is 5.26 Å². The first-order valence-corrected chi connectivity index (χ1v) is 20.0. The maximum atomic E-state index is 10.0. The minimum absolute atomic E-state index is 0.361. The molecule has 0 aliphatic heterocycles. The smallest absolute Gasteiger partial charge is 0.195 e. The molecule has 0 N–H and O–H groups in total. The van der Waals surface area contributed by atoms with Crippen molar-refractivity contribution < 1.29 is 0 Å². The molecule has 0 bridgehead atoms. The SMILES string of the molecule is [C-]#[N+]c1ccc(N(c2ccc(C)cc2)c2cc3c(c4ccccc24)-c2ccc(N(c4ccc(C)cc4)c4ccc(C#N)c5ccccc45)cc2C3(C)C)c2ccccc12. The van der Waals surface area contributed by atoms with Crippen molar-refractivity contribution in [3.05, 3.63) is 209 Å². The average Bonchev–Trinajstić information content (AvgIpc) is 3.50. The molecule has 280 valence electrons. The molecular formula is C55H40N4. The Labute approximate surface area is 345 Å². The van der Waals surface area contributed by atoms with Gasteiger partial charge in [-0.05, 0) is 113 Å². The topological polar surface area (TPSA) is 34.6 Å². The highest BCUT2D eigenvalue weighted by Crippen LogP contribution is 2.56. The lowest BCUT2D eigenvalue weighted by Crippen LogP contribution is -2.18. The fourth-order valence-electron chi connectivity index (χ4n) is 9.23. The first-order valence-electron chi connectivity index (χ1n) is 20.0. The second kappa shape index (κ2) is 13.8. The zero-order valence-electron chi connectivity index (χ0n) is 33.5. The summed E-state index contributed by atoms with van der Waals surface area (Å²) >= 11 is 0. The minimum Gasteiger partial charge on any atom is -0.310 e. The van der Waals surface area contributed by atoms with Crippen molar-refractivity contribution >= 4 is 72.1 Å². The van der Waals surface area contributed by atoms with Crippen molar-refractivity contribution in [1.29, 1.82) is 5.26 Å². The van der Waals surface area contributed by atoms with Crippen molar-refractivity contribution in [1.82, 2.24) is 0 Å². The van der Waals surface area contributed by atoms with Gasteiger partial charge in [0.1, 0.15) is 0 Å². The number of hydrogen-bond donors (Lipinski definition) is 0. The van der Waals surface area contributed by atoms with Crippen LogP contribution in [0, 0.1) is 31.8 Å². The van der Waals surface area contributed by atoms with Gasteiger partial charge < -0.3 is 9.80 Å². The third-order valence-corrected chi connectivity index (χ3v) is 12.2. The average molecular weight is 757 g/mol. The van der Waals surface area contributed by atoms with Gasteiger partial charge in [0.2, 0.25) is 0 Å². The molecule has 1 aliphatic rings. The summed E-state index contributed by atoms with van der Waals surface area (Å²) in [6, 6.07) is 62.6. The predicted molar refractivity (Wildman–Crippen MR) is 246 cm³/mol. The van der Waals surface area contributed by atoms with Crippen LogP contribution in [0.4, 0.5) is 39.8 Å².